The molecular weight excluding hydrogens is 332 g/mol. The van der Waals surface area contributed by atoms with Crippen molar-refractivity contribution < 1.29 is 9.84 Å². The molecule has 2 aromatic rings. The molecule has 0 amide bonds. The lowest BCUT2D eigenvalue weighted by atomic mass is 9.59. The summed E-state index contributed by atoms with van der Waals surface area (Å²) in [6.07, 6.45) is 2.13. The van der Waals surface area contributed by atoms with E-state index < -0.39 is 0 Å². The van der Waals surface area contributed by atoms with Gasteiger partial charge < -0.3 is 9.84 Å². The van der Waals surface area contributed by atoms with Crippen LogP contribution in [0, 0.1) is 16.2 Å². The number of benzene rings is 2. The summed E-state index contributed by atoms with van der Waals surface area (Å²) in [6, 6.07) is 11.8. The first-order valence-corrected chi connectivity index (χ1v) is 10.2. The van der Waals surface area contributed by atoms with E-state index >= 15 is 0 Å². The Bertz CT molecular complexity index is 764. The predicted molar refractivity (Wildman–Crippen MR) is 116 cm³/mol. The van der Waals surface area contributed by atoms with Gasteiger partial charge in [-0.15, -0.1) is 0 Å². The number of phenolic OH excluding ortho intramolecular Hbond substituents is 1. The minimum atomic E-state index is 0.0856. The average Bonchev–Trinajstić information content (AvgIpc) is 2.54. The van der Waals surface area contributed by atoms with E-state index in [2.05, 4.69) is 61.5 Å². The molecule has 150 valence electrons. The van der Waals surface area contributed by atoms with E-state index in [4.69, 9.17) is 4.74 Å². The van der Waals surface area contributed by atoms with Crippen LogP contribution < -0.4 is 0 Å². The Labute approximate surface area is 165 Å². The van der Waals surface area contributed by atoms with Crippen LogP contribution in [0.25, 0.3) is 10.8 Å². The third-order valence-electron chi connectivity index (χ3n) is 6.24. The lowest BCUT2D eigenvalue weighted by Gasteiger charge is -2.49. The van der Waals surface area contributed by atoms with Crippen molar-refractivity contribution in [1.29, 1.82) is 0 Å². The molecule has 0 fully saturated rings. The molecule has 2 aromatic carbocycles. The Hall–Kier alpha value is -1.54. The molecule has 27 heavy (non-hydrogen) atoms. The molecule has 0 radical (unpaired) electrons. The van der Waals surface area contributed by atoms with Gasteiger partial charge in [0.2, 0.25) is 0 Å². The van der Waals surface area contributed by atoms with Gasteiger partial charge in [0, 0.05) is 5.39 Å². The predicted octanol–water partition coefficient (Wildman–Crippen LogP) is 6.98. The number of rotatable bonds is 6. The van der Waals surface area contributed by atoms with Gasteiger partial charge in [-0.25, -0.2) is 0 Å². The van der Waals surface area contributed by atoms with Gasteiger partial charge in [0.05, 0.1) is 12.7 Å². The smallest absolute Gasteiger partial charge is 0.123 e. The van der Waals surface area contributed by atoms with Gasteiger partial charge in [0.25, 0.3) is 0 Å². The van der Waals surface area contributed by atoms with Gasteiger partial charge in [-0.05, 0) is 53.0 Å². The van der Waals surface area contributed by atoms with Gasteiger partial charge >= 0.3 is 0 Å². The molecule has 2 rings (SSSR count). The average molecular weight is 371 g/mol. The van der Waals surface area contributed by atoms with E-state index in [1.54, 1.807) is 6.07 Å². The standard InChI is InChI=1S/C25H38O2/c1-18(25(8,24(5,6)7)17-23(2,3)4)27-16-15-19-13-14-22(26)21-12-10-9-11-20(19)21/h9-14,18,26H,15-17H2,1-8H3. The van der Waals surface area contributed by atoms with Crippen molar-refractivity contribution in [2.45, 2.75) is 74.3 Å². The highest BCUT2D eigenvalue weighted by atomic mass is 16.5. The maximum atomic E-state index is 10.1. The zero-order valence-corrected chi connectivity index (χ0v) is 18.5. The van der Waals surface area contributed by atoms with Crippen molar-refractivity contribution in [1.82, 2.24) is 0 Å². The molecule has 1 N–H and O–H groups in total. The topological polar surface area (TPSA) is 29.5 Å². The van der Waals surface area contributed by atoms with E-state index in [0.29, 0.717) is 12.4 Å². The quantitative estimate of drug-likeness (QED) is 0.594. The molecule has 0 aliphatic rings. The normalized spacial score (nSPS) is 16.3. The Balaban J connectivity index is 2.13. The molecule has 0 aromatic heterocycles. The first-order chi connectivity index (χ1) is 12.3. The van der Waals surface area contributed by atoms with Crippen molar-refractivity contribution in [2.75, 3.05) is 6.61 Å². The van der Waals surface area contributed by atoms with Crippen LogP contribution in [-0.4, -0.2) is 17.8 Å². The SMILES string of the molecule is CC(OCCc1ccc(O)c2ccccc12)C(C)(CC(C)(C)C)C(C)(C)C. The Morgan fingerprint density at radius 1 is 0.889 bits per heavy atom. The molecule has 0 heterocycles. The summed E-state index contributed by atoms with van der Waals surface area (Å²) in [7, 11) is 0. The second-order valence-corrected chi connectivity index (χ2v) is 10.5. The molecule has 2 unspecified atom stereocenters. The fraction of sp³-hybridized carbons (Fsp3) is 0.600. The molecule has 2 heteroatoms. The molecule has 0 saturated heterocycles. The van der Waals surface area contributed by atoms with Gasteiger partial charge in [-0.2, -0.15) is 0 Å². The van der Waals surface area contributed by atoms with E-state index in [-0.39, 0.29) is 22.3 Å². The second kappa shape index (κ2) is 7.83. The lowest BCUT2D eigenvalue weighted by molar-refractivity contribution is -0.0942. The molecule has 2 nitrogen and oxygen atoms in total. The minimum Gasteiger partial charge on any atom is -0.507 e. The third-order valence-corrected chi connectivity index (χ3v) is 6.24. The van der Waals surface area contributed by atoms with E-state index in [1.807, 2.05) is 24.3 Å². The minimum absolute atomic E-state index is 0.0856. The lowest BCUT2D eigenvalue weighted by Crippen LogP contribution is -2.46. The first kappa shape index (κ1) is 21.8. The molecule has 0 spiro atoms. The Morgan fingerprint density at radius 3 is 2.04 bits per heavy atom. The van der Waals surface area contributed by atoms with E-state index in [1.165, 1.54) is 5.56 Å². The fourth-order valence-corrected chi connectivity index (χ4v) is 4.21. The molecular formula is C25H38O2. The van der Waals surface area contributed by atoms with Crippen LogP contribution in [0.2, 0.25) is 0 Å². The van der Waals surface area contributed by atoms with Crippen LogP contribution >= 0.6 is 0 Å². The van der Waals surface area contributed by atoms with E-state index in [0.717, 1.165) is 23.6 Å². The number of phenols is 1. The molecule has 2 atom stereocenters. The summed E-state index contributed by atoms with van der Waals surface area (Å²) in [4.78, 5) is 0. The summed E-state index contributed by atoms with van der Waals surface area (Å²) in [5.74, 6) is 0.342. The summed E-state index contributed by atoms with van der Waals surface area (Å²) >= 11 is 0. The van der Waals surface area contributed by atoms with Crippen LogP contribution in [0.15, 0.2) is 36.4 Å². The van der Waals surface area contributed by atoms with Crippen LogP contribution in [0.1, 0.15) is 67.4 Å². The highest BCUT2D eigenvalue weighted by molar-refractivity contribution is 5.90. The monoisotopic (exact) mass is 370 g/mol. The van der Waals surface area contributed by atoms with Gasteiger partial charge in [-0.3, -0.25) is 0 Å². The van der Waals surface area contributed by atoms with Crippen molar-refractivity contribution in [3.05, 3.63) is 42.0 Å². The summed E-state index contributed by atoms with van der Waals surface area (Å²) in [5, 5.41) is 12.1. The molecule has 0 aliphatic heterocycles. The number of hydrogen-bond donors (Lipinski definition) is 1. The van der Waals surface area contributed by atoms with Gasteiger partial charge in [-0.1, -0.05) is 78.8 Å². The first-order valence-electron chi connectivity index (χ1n) is 10.2. The van der Waals surface area contributed by atoms with Crippen molar-refractivity contribution >= 4 is 10.8 Å². The van der Waals surface area contributed by atoms with Crippen LogP contribution in [0.3, 0.4) is 0 Å². The summed E-state index contributed by atoms with van der Waals surface area (Å²) < 4.78 is 6.40. The zero-order valence-electron chi connectivity index (χ0n) is 18.5. The van der Waals surface area contributed by atoms with E-state index in [9.17, 15) is 5.11 Å². The van der Waals surface area contributed by atoms with Crippen LogP contribution in [0.4, 0.5) is 0 Å². The van der Waals surface area contributed by atoms with Gasteiger partial charge in [0.15, 0.2) is 0 Å². The maximum absolute atomic E-state index is 10.1. The Morgan fingerprint density at radius 2 is 1.48 bits per heavy atom. The fourth-order valence-electron chi connectivity index (χ4n) is 4.21. The van der Waals surface area contributed by atoms with Crippen molar-refractivity contribution in [3.63, 3.8) is 0 Å². The van der Waals surface area contributed by atoms with Gasteiger partial charge in [0.1, 0.15) is 5.75 Å². The van der Waals surface area contributed by atoms with Crippen molar-refractivity contribution in [3.8, 4) is 5.75 Å². The number of aromatic hydroxyl groups is 1. The number of fused-ring (bicyclic) bond motifs is 1. The van der Waals surface area contributed by atoms with Crippen LogP contribution in [0.5, 0.6) is 5.75 Å². The van der Waals surface area contributed by atoms with Crippen molar-refractivity contribution in [2.24, 2.45) is 16.2 Å². The summed E-state index contributed by atoms with van der Waals surface area (Å²) in [5.41, 5.74) is 1.73. The maximum Gasteiger partial charge on any atom is 0.123 e. The Kier molecular flexibility index (Phi) is 6.31. The largest absolute Gasteiger partial charge is 0.507 e. The highest BCUT2D eigenvalue weighted by Gasteiger charge is 2.44. The molecule has 0 aliphatic carbocycles. The second-order valence-electron chi connectivity index (χ2n) is 10.5. The summed E-state index contributed by atoms with van der Waals surface area (Å²) in [6.45, 7) is 19.2. The highest BCUT2D eigenvalue weighted by Crippen LogP contribution is 2.49. The molecule has 0 bridgehead atoms. The third kappa shape index (κ3) is 5.04. The number of hydrogen-bond acceptors (Lipinski definition) is 2. The zero-order chi connectivity index (χ0) is 20.5. The molecule has 0 saturated carbocycles. The van der Waals surface area contributed by atoms with Crippen LogP contribution in [-0.2, 0) is 11.2 Å². The number of ether oxygens (including phenoxy) is 1.